The number of hydrogen-bond donors (Lipinski definition) is 0. The molecule has 18 nitrogen and oxygen atoms in total. The van der Waals surface area contributed by atoms with Gasteiger partial charge in [0, 0.05) is 16.5 Å². The smallest absolute Gasteiger partial charge is 0.494 e. The van der Waals surface area contributed by atoms with E-state index in [0.717, 1.165) is 29.2 Å². The number of imide groups is 3. The van der Waals surface area contributed by atoms with Crippen LogP contribution in [-0.2, 0) is 25.1 Å². The zero-order chi connectivity index (χ0) is 62.1. The van der Waals surface area contributed by atoms with Gasteiger partial charge in [0.05, 0.1) is 35.3 Å². The molecule has 0 aliphatic rings. The molecule has 0 heterocycles. The van der Waals surface area contributed by atoms with Crippen LogP contribution in [0.5, 0.6) is 11.5 Å². The van der Waals surface area contributed by atoms with Gasteiger partial charge in [-0.2, -0.15) is 13.2 Å². The molecule has 0 saturated carbocycles. The SMILES string of the molecule is C.CCC(C)(C)OC(=O)Oc1c(C(=O)N(C(=O)OC(C)(C)CC)c2ccc(N(C(=O)OC(C)(C)CC)C(=O)c3ccccc3)cc2)cc2ccccc2c1N=Nc1cc(C(=O)N(C(=O)OC(C)(C)CC)c2cccc(C(F)(F)F)c2)ccc1OC. The van der Waals surface area contributed by atoms with Crippen LogP contribution in [0.2, 0.25) is 0 Å². The quantitative estimate of drug-likeness (QED) is 0.0340. The maximum absolute atomic E-state index is 15.6. The molecular formula is C64H72F3N5O13. The lowest BCUT2D eigenvalue weighted by Crippen LogP contribution is -2.42. The van der Waals surface area contributed by atoms with E-state index in [1.165, 1.54) is 61.7 Å². The van der Waals surface area contributed by atoms with Crippen molar-refractivity contribution in [3.8, 4) is 11.5 Å². The molecule has 6 amide bonds. The number of alkyl halides is 3. The molecule has 85 heavy (non-hydrogen) atoms. The molecule has 6 aromatic rings. The van der Waals surface area contributed by atoms with Crippen LogP contribution in [0.1, 0.15) is 153 Å². The van der Waals surface area contributed by atoms with Crippen LogP contribution in [0.15, 0.2) is 138 Å². The van der Waals surface area contributed by atoms with E-state index in [9.17, 15) is 41.9 Å². The van der Waals surface area contributed by atoms with E-state index in [2.05, 4.69) is 10.2 Å². The van der Waals surface area contributed by atoms with Crippen LogP contribution in [0, 0.1) is 0 Å². The zero-order valence-electron chi connectivity index (χ0n) is 49.1. The van der Waals surface area contributed by atoms with Crippen molar-refractivity contribution in [3.05, 3.63) is 150 Å². The second kappa shape index (κ2) is 27.1. The van der Waals surface area contributed by atoms with Crippen LogP contribution < -0.4 is 24.2 Å². The first kappa shape index (κ1) is 66.7. The summed E-state index contributed by atoms with van der Waals surface area (Å²) in [4.78, 5) is 103. The van der Waals surface area contributed by atoms with Crippen molar-refractivity contribution in [1.29, 1.82) is 0 Å². The highest BCUT2D eigenvalue weighted by Crippen LogP contribution is 2.44. The van der Waals surface area contributed by atoms with Gasteiger partial charge in [-0.25, -0.2) is 33.9 Å². The fourth-order valence-electron chi connectivity index (χ4n) is 7.59. The number of methoxy groups -OCH3 is 1. The number of hydrogen-bond acceptors (Lipinski definition) is 15. The number of fused-ring (bicyclic) bond motifs is 1. The van der Waals surface area contributed by atoms with Crippen LogP contribution >= 0.6 is 0 Å². The standard InChI is InChI=1S/C63H68F3N5O13.CH4/c1-14-59(5,6)81-55(75)69(52(72)39-24-19-18-20-25-39)43-31-33-44(34-32-43)70(56(76)82-60(7,8)15-2)54(74)47-36-40-26-21-22-29-46(40)50(51(47)80-58(78)84-62(11,12)17-4)68-67-48-37-41(30-35-49(48)79-13)53(73)71(57(77)83-61(9,10)16-3)45-28-23-27-42(38-45)63(64,65)66;/h18-38H,14-17H2,1-13H3;1H4. The number of nitrogens with zero attached hydrogens (tertiary/aromatic N) is 5. The Morgan fingerprint density at radius 3 is 1.46 bits per heavy atom. The Balaban J connectivity index is 0.0000132. The maximum Gasteiger partial charge on any atom is 0.514 e. The van der Waals surface area contributed by atoms with E-state index in [1.54, 1.807) is 119 Å². The summed E-state index contributed by atoms with van der Waals surface area (Å²) in [6, 6.07) is 28.3. The number of benzene rings is 6. The number of rotatable bonds is 18. The Labute approximate surface area is 492 Å². The van der Waals surface area contributed by atoms with Crippen LogP contribution in [0.4, 0.5) is 60.8 Å². The molecular weight excluding hydrogens is 1100 g/mol. The lowest BCUT2D eigenvalue weighted by atomic mass is 10.0. The summed E-state index contributed by atoms with van der Waals surface area (Å²) in [6.07, 6.45) is -8.32. The van der Waals surface area contributed by atoms with Gasteiger partial charge in [0.25, 0.3) is 17.7 Å². The molecule has 0 bridgehead atoms. The summed E-state index contributed by atoms with van der Waals surface area (Å²) in [5, 5.41) is 9.50. The van der Waals surface area contributed by atoms with Gasteiger partial charge in [-0.15, -0.1) is 10.2 Å². The van der Waals surface area contributed by atoms with Crippen molar-refractivity contribution < 1.29 is 75.2 Å². The third-order valence-corrected chi connectivity index (χ3v) is 13.9. The molecule has 0 unspecified atom stereocenters. The lowest BCUT2D eigenvalue weighted by Gasteiger charge is -2.30. The second-order valence-electron chi connectivity index (χ2n) is 21.8. The molecule has 6 rings (SSSR count). The lowest BCUT2D eigenvalue weighted by molar-refractivity contribution is -0.137. The molecule has 0 radical (unpaired) electrons. The van der Waals surface area contributed by atoms with E-state index in [4.69, 9.17) is 28.4 Å². The van der Waals surface area contributed by atoms with Crippen LogP contribution in [-0.4, -0.2) is 71.7 Å². The first-order valence-corrected chi connectivity index (χ1v) is 27.0. The van der Waals surface area contributed by atoms with Crippen molar-refractivity contribution >= 4 is 81.4 Å². The molecule has 0 saturated heterocycles. The van der Waals surface area contributed by atoms with Crippen molar-refractivity contribution in [2.75, 3.05) is 21.8 Å². The van der Waals surface area contributed by atoms with Crippen LogP contribution in [0.25, 0.3) is 10.8 Å². The molecule has 0 aliphatic heterocycles. The third kappa shape index (κ3) is 16.4. The summed E-state index contributed by atoms with van der Waals surface area (Å²) < 4.78 is 76.8. The highest BCUT2D eigenvalue weighted by molar-refractivity contribution is 6.23. The molecule has 6 aromatic carbocycles. The van der Waals surface area contributed by atoms with Gasteiger partial charge in [-0.1, -0.05) is 83.7 Å². The summed E-state index contributed by atoms with van der Waals surface area (Å²) in [7, 11) is 1.28. The molecule has 0 atom stereocenters. The molecule has 0 spiro atoms. The van der Waals surface area contributed by atoms with Crippen molar-refractivity contribution in [1.82, 2.24) is 0 Å². The number of azo groups is 1. The fourth-order valence-corrected chi connectivity index (χ4v) is 7.59. The van der Waals surface area contributed by atoms with Gasteiger partial charge in [0.2, 0.25) is 0 Å². The molecule has 0 fully saturated rings. The molecule has 0 N–H and O–H groups in total. The predicted molar refractivity (Wildman–Crippen MR) is 317 cm³/mol. The van der Waals surface area contributed by atoms with Gasteiger partial charge in [0.15, 0.2) is 5.75 Å². The summed E-state index contributed by atoms with van der Waals surface area (Å²) in [5.41, 5.74) is -7.25. The highest BCUT2D eigenvalue weighted by Gasteiger charge is 2.38. The highest BCUT2D eigenvalue weighted by atomic mass is 19.4. The molecule has 452 valence electrons. The first-order chi connectivity index (χ1) is 39.4. The van der Waals surface area contributed by atoms with E-state index in [0.29, 0.717) is 40.5 Å². The van der Waals surface area contributed by atoms with Gasteiger partial charge in [0.1, 0.15) is 39.5 Å². The van der Waals surface area contributed by atoms with E-state index >= 15 is 4.79 Å². The van der Waals surface area contributed by atoms with E-state index in [-0.39, 0.29) is 58.9 Å². The first-order valence-electron chi connectivity index (χ1n) is 27.0. The predicted octanol–water partition coefficient (Wildman–Crippen LogP) is 17.5. The van der Waals surface area contributed by atoms with Crippen molar-refractivity contribution in [2.45, 2.75) is 145 Å². The third-order valence-electron chi connectivity index (χ3n) is 13.9. The maximum atomic E-state index is 15.6. The monoisotopic (exact) mass is 1180 g/mol. The van der Waals surface area contributed by atoms with Gasteiger partial charge >= 0.3 is 30.6 Å². The number of amides is 6. The Kier molecular flexibility index (Phi) is 21.2. The summed E-state index contributed by atoms with van der Waals surface area (Å²) in [5.74, 6) is -3.59. The minimum Gasteiger partial charge on any atom is -0.494 e. The average molecular weight is 1180 g/mol. The Morgan fingerprint density at radius 2 is 0.953 bits per heavy atom. The minimum absolute atomic E-state index is 0. The summed E-state index contributed by atoms with van der Waals surface area (Å²) >= 11 is 0. The Bertz CT molecular complexity index is 3470. The number of carbonyl (C=O) groups is 7. The summed E-state index contributed by atoms with van der Waals surface area (Å²) in [6.45, 7) is 20.0. The van der Waals surface area contributed by atoms with Gasteiger partial charge < -0.3 is 28.4 Å². The van der Waals surface area contributed by atoms with Gasteiger partial charge in [-0.3, -0.25) is 14.4 Å². The fraction of sp³-hybridized carbons (Fsp3) is 0.359. The number of halogens is 3. The normalized spacial score (nSPS) is 11.9. The molecule has 21 heteroatoms. The minimum atomic E-state index is -4.85. The molecule has 0 aliphatic carbocycles. The van der Waals surface area contributed by atoms with Crippen LogP contribution in [0.3, 0.4) is 0 Å². The van der Waals surface area contributed by atoms with E-state index < -0.39 is 93.3 Å². The Hall–Kier alpha value is -9.14. The zero-order valence-corrected chi connectivity index (χ0v) is 49.1. The molecule has 0 aromatic heterocycles. The largest absolute Gasteiger partial charge is 0.514 e. The number of anilines is 3. The average Bonchev–Trinajstić information content (AvgIpc) is 1.66. The topological polar surface area (TPSA) is 209 Å². The van der Waals surface area contributed by atoms with E-state index in [1.807, 2.05) is 6.92 Å². The second-order valence-corrected chi connectivity index (χ2v) is 21.8. The van der Waals surface area contributed by atoms with Crippen molar-refractivity contribution in [2.24, 2.45) is 10.2 Å². The Morgan fingerprint density at radius 1 is 0.482 bits per heavy atom. The number of ether oxygens (including phenoxy) is 6. The number of carbonyl (C=O) groups excluding carboxylic acids is 7. The van der Waals surface area contributed by atoms with Crippen molar-refractivity contribution in [3.63, 3.8) is 0 Å². The van der Waals surface area contributed by atoms with Gasteiger partial charge in [-0.05, 0) is 165 Å².